The number of hydrogen-bond donors (Lipinski definition) is 0. The van der Waals surface area contributed by atoms with E-state index >= 15 is 0 Å². The summed E-state index contributed by atoms with van der Waals surface area (Å²) in [4.78, 5) is 22.4. The molecule has 21 heavy (non-hydrogen) atoms. The van der Waals surface area contributed by atoms with Gasteiger partial charge < -0.3 is 0 Å². The molecule has 0 aliphatic carbocycles. The van der Waals surface area contributed by atoms with Gasteiger partial charge in [-0.05, 0) is 5.56 Å². The number of ketones is 1. The molecule has 2 rings (SSSR count). The Morgan fingerprint density at radius 1 is 1.05 bits per heavy atom. The van der Waals surface area contributed by atoms with Crippen molar-refractivity contribution < 1.29 is 9.72 Å². The Morgan fingerprint density at radius 2 is 1.57 bits per heavy atom. The molecular formula is C16H14BrNO3. The molecule has 0 bridgehead atoms. The third-order valence-corrected chi connectivity index (χ3v) is 4.29. The molecule has 2 atom stereocenters. The van der Waals surface area contributed by atoms with Gasteiger partial charge in [-0.1, -0.05) is 76.6 Å². The summed E-state index contributed by atoms with van der Waals surface area (Å²) in [5, 5.41) is 10.9. The Morgan fingerprint density at radius 3 is 2.10 bits per heavy atom. The maximum Gasteiger partial charge on any atom is 0.212 e. The number of carbonyl (C=O) groups excluding carboxylic acids is 1. The van der Waals surface area contributed by atoms with Gasteiger partial charge in [0.2, 0.25) is 6.54 Å². The number of nitrogens with zero attached hydrogens (tertiary/aromatic N) is 1. The number of rotatable bonds is 6. The summed E-state index contributed by atoms with van der Waals surface area (Å²) in [6.45, 7) is -0.293. The van der Waals surface area contributed by atoms with Crippen LogP contribution in [0.4, 0.5) is 0 Å². The summed E-state index contributed by atoms with van der Waals surface area (Å²) in [6, 6.07) is 17.9. The highest BCUT2D eigenvalue weighted by molar-refractivity contribution is 9.10. The summed E-state index contributed by atoms with van der Waals surface area (Å²) in [7, 11) is 0. The van der Waals surface area contributed by atoms with Crippen molar-refractivity contribution in [3.8, 4) is 0 Å². The lowest BCUT2D eigenvalue weighted by atomic mass is 9.91. The smallest absolute Gasteiger partial charge is 0.212 e. The molecule has 0 spiro atoms. The maximum absolute atomic E-state index is 12.5. The molecule has 0 aliphatic rings. The molecule has 5 heteroatoms. The van der Waals surface area contributed by atoms with Gasteiger partial charge in [-0.2, -0.15) is 0 Å². The molecule has 4 nitrogen and oxygen atoms in total. The van der Waals surface area contributed by atoms with Crippen LogP contribution in [-0.2, 0) is 0 Å². The summed E-state index contributed by atoms with van der Waals surface area (Å²) in [6.07, 6.45) is 0. The monoisotopic (exact) mass is 347 g/mol. The first-order chi connectivity index (χ1) is 10.1. The minimum atomic E-state index is -0.632. The quantitative estimate of drug-likeness (QED) is 0.346. The number of nitro groups is 1. The van der Waals surface area contributed by atoms with Gasteiger partial charge in [-0.15, -0.1) is 0 Å². The lowest BCUT2D eigenvalue weighted by Gasteiger charge is -2.18. The average molecular weight is 348 g/mol. The SMILES string of the molecule is O=C(c1ccccc1)C(Br)C(C[N+](=O)[O-])c1ccccc1. The van der Waals surface area contributed by atoms with Crippen LogP contribution in [0.15, 0.2) is 60.7 Å². The first-order valence-corrected chi connectivity index (χ1v) is 7.41. The Balaban J connectivity index is 2.28. The second kappa shape index (κ2) is 7.13. The molecule has 2 aromatic carbocycles. The second-order valence-corrected chi connectivity index (χ2v) is 5.65. The van der Waals surface area contributed by atoms with Gasteiger partial charge in [0.1, 0.15) is 0 Å². The molecule has 0 fully saturated rings. The Bertz CT molecular complexity index is 616. The normalized spacial score (nSPS) is 13.4. The number of halogens is 1. The van der Waals surface area contributed by atoms with Crippen molar-refractivity contribution in [3.63, 3.8) is 0 Å². The minimum Gasteiger partial charge on any atom is -0.293 e. The lowest BCUT2D eigenvalue weighted by molar-refractivity contribution is -0.483. The van der Waals surface area contributed by atoms with E-state index in [0.29, 0.717) is 5.56 Å². The van der Waals surface area contributed by atoms with Crippen LogP contribution in [0.3, 0.4) is 0 Å². The maximum atomic E-state index is 12.5. The van der Waals surface area contributed by atoms with Crippen LogP contribution in [-0.4, -0.2) is 22.1 Å². The van der Waals surface area contributed by atoms with Crippen molar-refractivity contribution in [1.29, 1.82) is 0 Å². The van der Waals surface area contributed by atoms with Gasteiger partial charge in [0.25, 0.3) is 0 Å². The summed E-state index contributed by atoms with van der Waals surface area (Å²) < 4.78 is 0. The molecule has 2 aromatic rings. The van der Waals surface area contributed by atoms with Gasteiger partial charge in [0, 0.05) is 10.5 Å². The van der Waals surface area contributed by atoms with E-state index in [1.54, 1.807) is 36.4 Å². The van der Waals surface area contributed by atoms with E-state index < -0.39 is 10.7 Å². The van der Waals surface area contributed by atoms with Crippen LogP contribution in [0.5, 0.6) is 0 Å². The molecule has 0 saturated carbocycles. The fourth-order valence-corrected chi connectivity index (χ4v) is 2.91. The number of carbonyl (C=O) groups is 1. The van der Waals surface area contributed by atoms with Crippen molar-refractivity contribution >= 4 is 21.7 Å². The fourth-order valence-electron chi connectivity index (χ4n) is 2.17. The highest BCUT2D eigenvalue weighted by Gasteiger charge is 2.31. The Kier molecular flexibility index (Phi) is 5.22. The molecule has 0 heterocycles. The second-order valence-electron chi connectivity index (χ2n) is 4.66. The predicted molar refractivity (Wildman–Crippen MR) is 84.5 cm³/mol. The van der Waals surface area contributed by atoms with E-state index in [0.717, 1.165) is 5.56 Å². The standard InChI is InChI=1S/C16H14BrNO3/c17-15(16(19)13-9-5-2-6-10-13)14(11-18(20)21)12-7-3-1-4-8-12/h1-10,14-15H,11H2. The van der Waals surface area contributed by atoms with Crippen LogP contribution in [0.2, 0.25) is 0 Å². The third kappa shape index (κ3) is 3.98. The van der Waals surface area contributed by atoms with Crippen LogP contribution < -0.4 is 0 Å². The van der Waals surface area contributed by atoms with Gasteiger partial charge >= 0.3 is 0 Å². The van der Waals surface area contributed by atoms with Crippen LogP contribution in [0.1, 0.15) is 21.8 Å². The van der Waals surface area contributed by atoms with Crippen molar-refractivity contribution in [2.24, 2.45) is 0 Å². The van der Waals surface area contributed by atoms with Crippen LogP contribution in [0.25, 0.3) is 0 Å². The van der Waals surface area contributed by atoms with Gasteiger partial charge in [0.05, 0.1) is 10.7 Å². The third-order valence-electron chi connectivity index (χ3n) is 3.24. The van der Waals surface area contributed by atoms with Crippen LogP contribution >= 0.6 is 15.9 Å². The molecule has 0 N–H and O–H groups in total. The van der Waals surface area contributed by atoms with Crippen molar-refractivity contribution in [3.05, 3.63) is 81.9 Å². The van der Waals surface area contributed by atoms with Crippen molar-refractivity contribution in [1.82, 2.24) is 0 Å². The Labute approximate surface area is 131 Å². The first-order valence-electron chi connectivity index (χ1n) is 6.49. The van der Waals surface area contributed by atoms with Crippen LogP contribution in [0, 0.1) is 10.1 Å². The highest BCUT2D eigenvalue weighted by Crippen LogP contribution is 2.28. The topological polar surface area (TPSA) is 60.2 Å². The molecular weight excluding hydrogens is 334 g/mol. The molecule has 0 aliphatic heterocycles. The van der Waals surface area contributed by atoms with Gasteiger partial charge in [0.15, 0.2) is 5.78 Å². The molecule has 0 radical (unpaired) electrons. The summed E-state index contributed by atoms with van der Waals surface area (Å²) in [5.41, 5.74) is 1.32. The van der Waals surface area contributed by atoms with E-state index in [-0.39, 0.29) is 17.3 Å². The van der Waals surface area contributed by atoms with E-state index in [2.05, 4.69) is 15.9 Å². The number of Topliss-reactive ketones (excluding diaryl/α,β-unsaturated/α-hetero) is 1. The van der Waals surface area contributed by atoms with E-state index in [9.17, 15) is 14.9 Å². The van der Waals surface area contributed by atoms with E-state index in [1.807, 2.05) is 24.3 Å². The van der Waals surface area contributed by atoms with Crippen molar-refractivity contribution in [2.75, 3.05) is 6.54 Å². The van der Waals surface area contributed by atoms with Gasteiger partial charge in [-0.25, -0.2) is 0 Å². The molecule has 0 aromatic heterocycles. The molecule has 0 amide bonds. The highest BCUT2D eigenvalue weighted by atomic mass is 79.9. The number of benzene rings is 2. The predicted octanol–water partition coefficient (Wildman–Crippen LogP) is 3.69. The zero-order valence-electron chi connectivity index (χ0n) is 11.2. The number of alkyl halides is 1. The largest absolute Gasteiger partial charge is 0.293 e. The first kappa shape index (κ1) is 15.4. The minimum absolute atomic E-state index is 0.147. The Hall–Kier alpha value is -2.01. The zero-order chi connectivity index (χ0) is 15.2. The van der Waals surface area contributed by atoms with Crippen molar-refractivity contribution in [2.45, 2.75) is 10.7 Å². The average Bonchev–Trinajstić information content (AvgIpc) is 2.53. The van der Waals surface area contributed by atoms with E-state index in [1.165, 1.54) is 0 Å². The number of hydrogen-bond acceptors (Lipinski definition) is 3. The summed E-state index contributed by atoms with van der Waals surface area (Å²) >= 11 is 3.36. The summed E-state index contributed by atoms with van der Waals surface area (Å²) in [5.74, 6) is -0.653. The zero-order valence-corrected chi connectivity index (χ0v) is 12.8. The molecule has 0 saturated heterocycles. The lowest BCUT2D eigenvalue weighted by Crippen LogP contribution is -2.28. The van der Waals surface area contributed by atoms with Gasteiger partial charge in [-0.3, -0.25) is 14.9 Å². The van der Waals surface area contributed by atoms with E-state index in [4.69, 9.17) is 0 Å². The molecule has 108 valence electrons. The fraction of sp³-hybridized carbons (Fsp3) is 0.188. The molecule has 2 unspecified atom stereocenters.